The van der Waals surface area contributed by atoms with Crippen LogP contribution in [0.3, 0.4) is 0 Å². The lowest BCUT2D eigenvalue weighted by atomic mass is 9.75. The summed E-state index contributed by atoms with van der Waals surface area (Å²) in [4.78, 5) is 0. The molecule has 1 aliphatic rings. The van der Waals surface area contributed by atoms with Gasteiger partial charge in [0.05, 0.1) is 26.2 Å². The third-order valence-corrected chi connectivity index (χ3v) is 5.09. The SMILES string of the molecule is CC[N+](C)(CC)CO[C@@H]1C[C@H](C)CC[C@H]1C(C)C.[Cl-]. The lowest BCUT2D eigenvalue weighted by Gasteiger charge is -2.40. The van der Waals surface area contributed by atoms with E-state index >= 15 is 0 Å². The molecule has 0 unspecified atom stereocenters. The van der Waals surface area contributed by atoms with Crippen LogP contribution in [-0.2, 0) is 4.74 Å². The first kappa shape index (κ1) is 19.2. The van der Waals surface area contributed by atoms with Gasteiger partial charge >= 0.3 is 0 Å². The monoisotopic (exact) mass is 291 g/mol. The first-order chi connectivity index (χ1) is 8.41. The van der Waals surface area contributed by atoms with E-state index < -0.39 is 0 Å². The van der Waals surface area contributed by atoms with Gasteiger partial charge in [-0.2, -0.15) is 0 Å². The Kier molecular flexibility index (Phi) is 8.58. The van der Waals surface area contributed by atoms with Gasteiger partial charge in [-0.15, -0.1) is 0 Å². The summed E-state index contributed by atoms with van der Waals surface area (Å²) in [6.45, 7) is 14.8. The highest BCUT2D eigenvalue weighted by atomic mass is 35.5. The molecule has 0 heterocycles. The predicted octanol–water partition coefficient (Wildman–Crippen LogP) is 0.912. The molecule has 0 N–H and O–H groups in total. The molecule has 0 aromatic rings. The summed E-state index contributed by atoms with van der Waals surface area (Å²) < 4.78 is 7.38. The van der Waals surface area contributed by atoms with Crippen LogP contribution in [0.15, 0.2) is 0 Å². The molecular weight excluding hydrogens is 258 g/mol. The molecule has 1 rings (SSSR count). The van der Waals surface area contributed by atoms with Gasteiger partial charge in [0.15, 0.2) is 6.73 Å². The first-order valence-electron chi connectivity index (χ1n) is 7.87. The Morgan fingerprint density at radius 2 is 1.74 bits per heavy atom. The van der Waals surface area contributed by atoms with Crippen LogP contribution in [0.2, 0.25) is 0 Å². The molecule has 3 atom stereocenters. The fraction of sp³-hybridized carbons (Fsp3) is 1.00. The largest absolute Gasteiger partial charge is 1.00 e. The highest BCUT2D eigenvalue weighted by Gasteiger charge is 2.33. The average Bonchev–Trinajstić information content (AvgIpc) is 2.35. The van der Waals surface area contributed by atoms with Gasteiger partial charge in [0.25, 0.3) is 0 Å². The summed E-state index contributed by atoms with van der Waals surface area (Å²) in [5.41, 5.74) is 0. The normalized spacial score (nSPS) is 28.3. The number of quaternary nitrogens is 1. The maximum absolute atomic E-state index is 6.35. The Hall–Kier alpha value is 0.210. The average molecular weight is 292 g/mol. The van der Waals surface area contributed by atoms with E-state index in [0.29, 0.717) is 6.10 Å². The standard InChI is InChI=1S/C16H34NO.ClH/c1-7-17(6,8-2)12-18-16-11-14(5)9-10-15(16)13(3)4;/h13-16H,7-12H2,1-6H3;1H/q+1;/p-1/t14-,15+,16-;/m1./s1. The molecule has 19 heavy (non-hydrogen) atoms. The van der Waals surface area contributed by atoms with Gasteiger partial charge in [-0.25, -0.2) is 0 Å². The second kappa shape index (κ2) is 8.49. The second-order valence-electron chi connectivity index (χ2n) is 6.91. The zero-order chi connectivity index (χ0) is 13.8. The van der Waals surface area contributed by atoms with E-state index in [4.69, 9.17) is 4.74 Å². The van der Waals surface area contributed by atoms with Crippen LogP contribution in [0.5, 0.6) is 0 Å². The van der Waals surface area contributed by atoms with Gasteiger partial charge in [-0.05, 0) is 44.4 Å². The third-order valence-electron chi connectivity index (χ3n) is 5.09. The second-order valence-corrected chi connectivity index (χ2v) is 6.91. The molecule has 0 amide bonds. The fourth-order valence-corrected chi connectivity index (χ4v) is 2.99. The molecule has 0 saturated heterocycles. The molecule has 1 aliphatic carbocycles. The van der Waals surface area contributed by atoms with Gasteiger partial charge in [0.1, 0.15) is 0 Å². The smallest absolute Gasteiger partial charge is 0.183 e. The number of ether oxygens (including phenoxy) is 1. The minimum Gasteiger partial charge on any atom is -1.00 e. The van der Waals surface area contributed by atoms with Crippen LogP contribution in [-0.4, -0.2) is 37.5 Å². The molecule has 0 aromatic heterocycles. The van der Waals surface area contributed by atoms with Crippen molar-refractivity contribution in [2.24, 2.45) is 17.8 Å². The highest BCUT2D eigenvalue weighted by Crippen LogP contribution is 2.35. The van der Waals surface area contributed by atoms with Gasteiger partial charge in [-0.1, -0.05) is 27.2 Å². The maximum atomic E-state index is 6.35. The van der Waals surface area contributed by atoms with Crippen molar-refractivity contribution in [2.45, 2.75) is 60.0 Å². The van der Waals surface area contributed by atoms with Crippen molar-refractivity contribution in [2.75, 3.05) is 26.9 Å². The van der Waals surface area contributed by atoms with E-state index in [1.54, 1.807) is 0 Å². The Balaban J connectivity index is 0.00000324. The Morgan fingerprint density at radius 1 is 1.16 bits per heavy atom. The number of hydrogen-bond acceptors (Lipinski definition) is 1. The number of rotatable bonds is 6. The molecule has 3 heteroatoms. The van der Waals surface area contributed by atoms with Crippen molar-refractivity contribution in [3.05, 3.63) is 0 Å². The molecule has 0 aliphatic heterocycles. The molecule has 0 spiro atoms. The van der Waals surface area contributed by atoms with E-state index in [1.807, 2.05) is 0 Å². The Bertz CT molecular complexity index is 241. The molecule has 0 bridgehead atoms. The summed E-state index contributed by atoms with van der Waals surface area (Å²) in [6, 6.07) is 0. The van der Waals surface area contributed by atoms with Crippen molar-refractivity contribution < 1.29 is 21.6 Å². The van der Waals surface area contributed by atoms with Gasteiger partial charge in [0.2, 0.25) is 0 Å². The van der Waals surface area contributed by atoms with E-state index in [-0.39, 0.29) is 12.4 Å². The van der Waals surface area contributed by atoms with Gasteiger partial charge in [-0.3, -0.25) is 0 Å². The van der Waals surface area contributed by atoms with Crippen LogP contribution < -0.4 is 12.4 Å². The molecule has 2 nitrogen and oxygen atoms in total. The van der Waals surface area contributed by atoms with Crippen LogP contribution in [0.4, 0.5) is 0 Å². The molecule has 1 fully saturated rings. The van der Waals surface area contributed by atoms with Crippen LogP contribution in [0, 0.1) is 17.8 Å². The van der Waals surface area contributed by atoms with Crippen LogP contribution in [0.1, 0.15) is 53.9 Å². The quantitative estimate of drug-likeness (QED) is 0.522. The van der Waals surface area contributed by atoms with Crippen LogP contribution >= 0.6 is 0 Å². The molecule has 1 saturated carbocycles. The van der Waals surface area contributed by atoms with E-state index in [9.17, 15) is 0 Å². The minimum atomic E-state index is 0. The number of halogens is 1. The minimum absolute atomic E-state index is 0. The number of hydrogen-bond donors (Lipinski definition) is 0. The maximum Gasteiger partial charge on any atom is 0.183 e. The lowest BCUT2D eigenvalue weighted by Crippen LogP contribution is -3.00. The van der Waals surface area contributed by atoms with Crippen molar-refractivity contribution in [1.82, 2.24) is 0 Å². The molecular formula is C16H34ClNO. The lowest BCUT2D eigenvalue weighted by molar-refractivity contribution is -0.925. The number of nitrogens with zero attached hydrogens (tertiary/aromatic N) is 1. The Labute approximate surface area is 126 Å². The van der Waals surface area contributed by atoms with E-state index in [2.05, 4.69) is 41.7 Å². The molecule has 116 valence electrons. The summed E-state index contributed by atoms with van der Waals surface area (Å²) >= 11 is 0. The molecule has 0 aromatic carbocycles. The zero-order valence-corrected chi connectivity index (χ0v) is 14.5. The van der Waals surface area contributed by atoms with E-state index in [1.165, 1.54) is 19.3 Å². The first-order valence-corrected chi connectivity index (χ1v) is 7.87. The summed E-state index contributed by atoms with van der Waals surface area (Å²) in [5, 5.41) is 0. The fourth-order valence-electron chi connectivity index (χ4n) is 2.99. The predicted molar refractivity (Wildman–Crippen MR) is 78.3 cm³/mol. The summed E-state index contributed by atoms with van der Waals surface area (Å²) in [6.07, 6.45) is 4.49. The molecule has 0 radical (unpaired) electrons. The Morgan fingerprint density at radius 3 is 2.21 bits per heavy atom. The van der Waals surface area contributed by atoms with E-state index in [0.717, 1.165) is 42.1 Å². The third kappa shape index (κ3) is 5.61. The summed E-state index contributed by atoms with van der Waals surface area (Å²) in [7, 11) is 2.30. The zero-order valence-electron chi connectivity index (χ0n) is 13.8. The van der Waals surface area contributed by atoms with Crippen molar-refractivity contribution in [3.8, 4) is 0 Å². The van der Waals surface area contributed by atoms with Crippen LogP contribution in [0.25, 0.3) is 0 Å². The van der Waals surface area contributed by atoms with Gasteiger partial charge < -0.3 is 21.6 Å². The van der Waals surface area contributed by atoms with Crippen molar-refractivity contribution in [3.63, 3.8) is 0 Å². The highest BCUT2D eigenvalue weighted by molar-refractivity contribution is 4.81. The summed E-state index contributed by atoms with van der Waals surface area (Å²) in [5.74, 6) is 2.36. The van der Waals surface area contributed by atoms with Crippen molar-refractivity contribution >= 4 is 0 Å². The van der Waals surface area contributed by atoms with Gasteiger partial charge in [0, 0.05) is 0 Å². The van der Waals surface area contributed by atoms with Crippen molar-refractivity contribution in [1.29, 1.82) is 0 Å². The topological polar surface area (TPSA) is 9.23 Å².